The number of methoxy groups -OCH3 is 2. The number of benzene rings is 1. The van der Waals surface area contributed by atoms with Crippen LogP contribution in [-0.4, -0.2) is 43.7 Å². The SMILES string of the molecule is COC(OC)C1CCN(c2ccc(C3c4ccc(O)cc4CCC3C3CCCCC3)nc2)CC1. The number of ether oxygens (including phenoxy) is 2. The Labute approximate surface area is 204 Å². The molecule has 2 atom stereocenters. The molecule has 184 valence electrons. The summed E-state index contributed by atoms with van der Waals surface area (Å²) in [6, 6.07) is 10.6. The highest BCUT2D eigenvalue weighted by molar-refractivity contribution is 5.48. The Morgan fingerprint density at radius 1 is 0.941 bits per heavy atom. The number of aryl methyl sites for hydroxylation is 1. The van der Waals surface area contributed by atoms with Gasteiger partial charge in [0.2, 0.25) is 0 Å². The molecule has 2 aromatic rings. The summed E-state index contributed by atoms with van der Waals surface area (Å²) in [6.07, 6.45) is 13.2. The Balaban J connectivity index is 1.36. The number of aromatic hydroxyl groups is 1. The number of hydrogen-bond acceptors (Lipinski definition) is 5. The van der Waals surface area contributed by atoms with E-state index in [4.69, 9.17) is 14.5 Å². The molecule has 1 aliphatic heterocycles. The largest absolute Gasteiger partial charge is 0.508 e. The third-order valence-corrected chi connectivity index (χ3v) is 8.74. The van der Waals surface area contributed by atoms with E-state index in [1.165, 1.54) is 61.0 Å². The summed E-state index contributed by atoms with van der Waals surface area (Å²) in [6.45, 7) is 2.01. The van der Waals surface area contributed by atoms with Crippen LogP contribution in [0, 0.1) is 17.8 Å². The molecule has 2 fully saturated rings. The van der Waals surface area contributed by atoms with Crippen LogP contribution in [0.5, 0.6) is 5.75 Å². The number of hydrogen-bond donors (Lipinski definition) is 1. The second-order valence-electron chi connectivity index (χ2n) is 10.6. The number of nitrogens with zero attached hydrogens (tertiary/aromatic N) is 2. The molecule has 2 heterocycles. The zero-order valence-electron chi connectivity index (χ0n) is 20.8. The monoisotopic (exact) mass is 464 g/mol. The van der Waals surface area contributed by atoms with Gasteiger partial charge in [0.15, 0.2) is 6.29 Å². The van der Waals surface area contributed by atoms with Gasteiger partial charge in [-0.3, -0.25) is 4.98 Å². The van der Waals surface area contributed by atoms with E-state index < -0.39 is 0 Å². The number of phenols is 1. The lowest BCUT2D eigenvalue weighted by Crippen LogP contribution is -2.39. The van der Waals surface area contributed by atoms with Crippen LogP contribution >= 0.6 is 0 Å². The molecule has 34 heavy (non-hydrogen) atoms. The van der Waals surface area contributed by atoms with Crippen molar-refractivity contribution in [3.05, 3.63) is 53.3 Å². The van der Waals surface area contributed by atoms with Crippen molar-refractivity contribution in [1.82, 2.24) is 4.98 Å². The molecule has 1 saturated carbocycles. The Kier molecular flexibility index (Phi) is 7.40. The lowest BCUT2D eigenvalue weighted by atomic mass is 9.65. The van der Waals surface area contributed by atoms with Crippen LogP contribution in [0.3, 0.4) is 0 Å². The smallest absolute Gasteiger partial charge is 0.159 e. The minimum absolute atomic E-state index is 0.106. The molecule has 0 radical (unpaired) electrons. The van der Waals surface area contributed by atoms with Gasteiger partial charge < -0.3 is 19.5 Å². The number of rotatable bonds is 6. The average Bonchev–Trinajstić information content (AvgIpc) is 2.90. The highest BCUT2D eigenvalue weighted by atomic mass is 16.7. The van der Waals surface area contributed by atoms with Gasteiger partial charge in [-0.2, -0.15) is 0 Å². The molecule has 5 rings (SSSR count). The van der Waals surface area contributed by atoms with Gasteiger partial charge in [0.1, 0.15) is 5.75 Å². The van der Waals surface area contributed by atoms with Crippen molar-refractivity contribution < 1.29 is 14.6 Å². The van der Waals surface area contributed by atoms with Crippen molar-refractivity contribution in [2.75, 3.05) is 32.2 Å². The second kappa shape index (κ2) is 10.7. The van der Waals surface area contributed by atoms with Crippen LogP contribution in [0.15, 0.2) is 36.5 Å². The van der Waals surface area contributed by atoms with Crippen LogP contribution in [0.2, 0.25) is 0 Å². The highest BCUT2D eigenvalue weighted by Gasteiger charge is 2.37. The Bertz CT molecular complexity index is 929. The predicted molar refractivity (Wildman–Crippen MR) is 135 cm³/mol. The Morgan fingerprint density at radius 2 is 1.71 bits per heavy atom. The molecule has 5 heteroatoms. The highest BCUT2D eigenvalue weighted by Crippen LogP contribution is 2.48. The van der Waals surface area contributed by atoms with Gasteiger partial charge in [-0.15, -0.1) is 0 Å². The average molecular weight is 465 g/mol. The maximum absolute atomic E-state index is 10.1. The topological polar surface area (TPSA) is 54.8 Å². The van der Waals surface area contributed by atoms with Crippen molar-refractivity contribution >= 4 is 5.69 Å². The van der Waals surface area contributed by atoms with Crippen molar-refractivity contribution in [2.45, 2.75) is 70.0 Å². The van der Waals surface area contributed by atoms with E-state index in [9.17, 15) is 5.11 Å². The fourth-order valence-corrected chi connectivity index (χ4v) is 6.96. The van der Waals surface area contributed by atoms with Crippen molar-refractivity contribution in [2.24, 2.45) is 17.8 Å². The summed E-state index contributed by atoms with van der Waals surface area (Å²) in [5, 5.41) is 10.1. The number of pyridine rings is 1. The number of phenolic OH excluding ortho intramolecular Hbond substituents is 1. The first-order valence-corrected chi connectivity index (χ1v) is 13.3. The number of piperidine rings is 1. The summed E-state index contributed by atoms with van der Waals surface area (Å²) in [5.41, 5.74) is 5.09. The standard InChI is InChI=1S/C29H40N2O3/c1-33-29(34-2)21-14-16-31(17-15-21)23-9-13-27(30-19-23)28-25(20-6-4-3-5-7-20)11-8-22-18-24(32)10-12-26(22)28/h9-10,12-13,18-21,25,28-29,32H,3-8,11,14-17H2,1-2H3. The van der Waals surface area contributed by atoms with Crippen LogP contribution in [0.4, 0.5) is 5.69 Å². The number of aromatic nitrogens is 1. The molecule has 2 aliphatic carbocycles. The molecule has 1 saturated heterocycles. The zero-order valence-corrected chi connectivity index (χ0v) is 20.8. The predicted octanol–water partition coefficient (Wildman–Crippen LogP) is 5.90. The van der Waals surface area contributed by atoms with Gasteiger partial charge in [0.05, 0.1) is 11.9 Å². The minimum Gasteiger partial charge on any atom is -0.508 e. The van der Waals surface area contributed by atoms with Crippen LogP contribution in [0.25, 0.3) is 0 Å². The van der Waals surface area contributed by atoms with Gasteiger partial charge in [-0.1, -0.05) is 38.2 Å². The summed E-state index contributed by atoms with van der Waals surface area (Å²) < 4.78 is 11.0. The van der Waals surface area contributed by atoms with Crippen molar-refractivity contribution in [3.8, 4) is 5.75 Å². The molecule has 2 unspecified atom stereocenters. The lowest BCUT2D eigenvalue weighted by Gasteiger charge is -2.40. The summed E-state index contributed by atoms with van der Waals surface area (Å²) in [5.74, 6) is 2.59. The molecule has 1 aromatic carbocycles. The maximum atomic E-state index is 10.1. The molecule has 0 amide bonds. The third-order valence-electron chi connectivity index (χ3n) is 8.74. The first-order chi connectivity index (χ1) is 16.7. The van der Waals surface area contributed by atoms with Crippen LogP contribution in [0.1, 0.15) is 74.1 Å². The fraction of sp³-hybridized carbons (Fsp3) is 0.621. The summed E-state index contributed by atoms with van der Waals surface area (Å²) >= 11 is 0. The number of fused-ring (bicyclic) bond motifs is 1. The van der Waals surface area contributed by atoms with Crippen molar-refractivity contribution in [1.29, 1.82) is 0 Å². The lowest BCUT2D eigenvalue weighted by molar-refractivity contribution is -0.141. The van der Waals surface area contributed by atoms with Gasteiger partial charge >= 0.3 is 0 Å². The molecular formula is C29H40N2O3. The maximum Gasteiger partial charge on any atom is 0.159 e. The minimum atomic E-state index is -0.106. The Morgan fingerprint density at radius 3 is 2.38 bits per heavy atom. The van der Waals surface area contributed by atoms with E-state index in [2.05, 4.69) is 29.3 Å². The normalized spacial score (nSPS) is 24.4. The van der Waals surface area contributed by atoms with Crippen molar-refractivity contribution in [3.63, 3.8) is 0 Å². The molecule has 1 N–H and O–H groups in total. The van der Waals surface area contributed by atoms with Gasteiger partial charge in [-0.25, -0.2) is 0 Å². The molecule has 3 aliphatic rings. The van der Waals surface area contributed by atoms with Gasteiger partial charge in [0.25, 0.3) is 0 Å². The molecule has 1 aromatic heterocycles. The molecule has 0 bridgehead atoms. The van der Waals surface area contributed by atoms with E-state index in [1.807, 2.05) is 12.1 Å². The van der Waals surface area contributed by atoms with Crippen LogP contribution in [-0.2, 0) is 15.9 Å². The van der Waals surface area contributed by atoms with E-state index in [1.54, 1.807) is 14.2 Å². The second-order valence-corrected chi connectivity index (χ2v) is 10.6. The summed E-state index contributed by atoms with van der Waals surface area (Å²) in [7, 11) is 3.46. The quantitative estimate of drug-likeness (QED) is 0.540. The molecule has 5 nitrogen and oxygen atoms in total. The summed E-state index contributed by atoms with van der Waals surface area (Å²) in [4.78, 5) is 7.52. The first kappa shape index (κ1) is 23.6. The van der Waals surface area contributed by atoms with Gasteiger partial charge in [0, 0.05) is 44.8 Å². The fourth-order valence-electron chi connectivity index (χ4n) is 6.96. The Hall–Kier alpha value is -2.11. The van der Waals surface area contributed by atoms with E-state index in [-0.39, 0.29) is 6.29 Å². The third kappa shape index (κ3) is 4.83. The van der Waals surface area contributed by atoms with Crippen LogP contribution < -0.4 is 4.90 Å². The van der Waals surface area contributed by atoms with E-state index in [0.717, 1.165) is 38.3 Å². The number of anilines is 1. The zero-order chi connectivity index (χ0) is 23.5. The molecule has 0 spiro atoms. The first-order valence-electron chi connectivity index (χ1n) is 13.3. The van der Waals surface area contributed by atoms with E-state index >= 15 is 0 Å². The van der Waals surface area contributed by atoms with E-state index in [0.29, 0.717) is 23.5 Å². The molecular weight excluding hydrogens is 424 g/mol. The van der Waals surface area contributed by atoms with Gasteiger partial charge in [-0.05, 0) is 72.9 Å².